The highest BCUT2D eigenvalue weighted by atomic mass is 31.2. The fourth-order valence-electron chi connectivity index (χ4n) is 3.51. The number of ether oxygens (including phenoxy) is 3. The average molecular weight is 559 g/mol. The summed E-state index contributed by atoms with van der Waals surface area (Å²) in [4.78, 5) is 39.9. The van der Waals surface area contributed by atoms with Gasteiger partial charge in [0.2, 0.25) is 5.67 Å². The predicted molar refractivity (Wildman–Crippen MR) is 131 cm³/mol. The van der Waals surface area contributed by atoms with Gasteiger partial charge in [-0.1, -0.05) is 5.92 Å². The molecular weight excluding hydrogens is 528 g/mol. The number of hydrogen-bond acceptors (Lipinski definition) is 11. The number of nitrogens with zero attached hydrogens (tertiary/aromatic N) is 2. The van der Waals surface area contributed by atoms with Gasteiger partial charge in [0.05, 0.1) is 19.8 Å². The van der Waals surface area contributed by atoms with Crippen molar-refractivity contribution in [1.29, 1.82) is 0 Å². The van der Waals surface area contributed by atoms with Gasteiger partial charge in [0.15, 0.2) is 6.23 Å². The Morgan fingerprint density at radius 1 is 1.29 bits per heavy atom. The average Bonchev–Trinajstić information content (AvgIpc) is 3.66. The van der Waals surface area contributed by atoms with Gasteiger partial charge in [-0.25, -0.2) is 19.4 Å². The van der Waals surface area contributed by atoms with Crippen molar-refractivity contribution in [2.45, 2.75) is 56.8 Å². The van der Waals surface area contributed by atoms with Gasteiger partial charge in [-0.05, 0) is 32.8 Å². The summed E-state index contributed by atoms with van der Waals surface area (Å²) in [6.45, 7) is 1.47. The number of aliphatic hydroxyl groups excluding tert-OH is 1. The number of aromatic nitrogens is 2. The number of hydrogen-bond donors (Lipinski definition) is 4. The molecule has 1 aliphatic heterocycles. The Balaban J connectivity index is 1.73. The summed E-state index contributed by atoms with van der Waals surface area (Å²) in [5.74, 6) is 0.627. The van der Waals surface area contributed by atoms with Gasteiger partial charge in [-0.2, -0.15) is 4.98 Å². The third kappa shape index (κ3) is 7.37. The van der Waals surface area contributed by atoms with Crippen LogP contribution in [0.25, 0.3) is 0 Å². The van der Waals surface area contributed by atoms with Crippen LogP contribution in [-0.2, 0) is 32.9 Å². The van der Waals surface area contributed by atoms with Crippen LogP contribution in [0.3, 0.4) is 0 Å². The molecule has 1 aromatic heterocycles. The second kappa shape index (κ2) is 12.8. The van der Waals surface area contributed by atoms with E-state index in [0.29, 0.717) is 5.82 Å². The highest BCUT2D eigenvalue weighted by Gasteiger charge is 2.58. The molecule has 2 unspecified atom stereocenters. The Labute approximate surface area is 218 Å². The van der Waals surface area contributed by atoms with Crippen molar-refractivity contribution in [3.05, 3.63) is 22.7 Å². The molecule has 38 heavy (non-hydrogen) atoms. The molecule has 16 heteroatoms. The first-order valence-corrected chi connectivity index (χ1v) is 13.6. The number of terminal acetylenes is 1. The van der Waals surface area contributed by atoms with Crippen LogP contribution >= 0.6 is 7.67 Å². The van der Waals surface area contributed by atoms with Gasteiger partial charge < -0.3 is 29.2 Å². The Kier molecular flexibility index (Phi) is 10.00. The Hall–Kier alpha value is -2.86. The Morgan fingerprint density at radius 2 is 1.89 bits per heavy atom. The summed E-state index contributed by atoms with van der Waals surface area (Å²) in [5.41, 5.74) is -3.74. The quantitative estimate of drug-likeness (QED) is 0.134. The molecule has 4 atom stereocenters. The van der Waals surface area contributed by atoms with Crippen LogP contribution < -0.4 is 21.2 Å². The zero-order valence-electron chi connectivity index (χ0n) is 20.9. The van der Waals surface area contributed by atoms with Gasteiger partial charge in [0.1, 0.15) is 31.1 Å². The maximum absolute atomic E-state index is 15.7. The van der Waals surface area contributed by atoms with Crippen LogP contribution in [0.15, 0.2) is 17.1 Å². The van der Waals surface area contributed by atoms with Crippen LogP contribution in [0.2, 0.25) is 0 Å². The molecule has 1 saturated heterocycles. The van der Waals surface area contributed by atoms with E-state index >= 15 is 4.39 Å². The molecule has 0 aromatic carbocycles. The Bertz CT molecular complexity index is 1130. The molecule has 0 radical (unpaired) electrons. The number of carbonyl (C=O) groups excluding carboxylic acids is 2. The standard InChI is InChI=1S/C22H31FN5O9P/c1-4-22(23)19(31)15(37-20(22)28-10-9-16(27-21(28)32)26-14-7-8-14)13-36-38(33,24-11-17(29)34-5-2)25-12-18(30)35-6-3/h1,9-10,14-15,19-20,31H,5-8,11-13H2,2-3H3,(H2,24,25,33)(H,26,27,32)/t15-,19?,20-,22?/m1/s1. The molecule has 210 valence electrons. The minimum atomic E-state index is -4.18. The van der Waals surface area contributed by atoms with Crippen LogP contribution in [0.4, 0.5) is 10.2 Å². The first-order valence-electron chi connectivity index (χ1n) is 12.0. The fourth-order valence-corrected chi connectivity index (χ4v) is 4.83. The number of halogens is 1. The van der Waals surface area contributed by atoms with E-state index in [4.69, 9.17) is 25.2 Å². The van der Waals surface area contributed by atoms with Crippen molar-refractivity contribution >= 4 is 25.4 Å². The van der Waals surface area contributed by atoms with Gasteiger partial charge >= 0.3 is 25.3 Å². The highest BCUT2D eigenvalue weighted by molar-refractivity contribution is 7.54. The molecule has 2 aliphatic rings. The van der Waals surface area contributed by atoms with E-state index in [0.717, 1.165) is 17.4 Å². The minimum Gasteiger partial charge on any atom is -0.465 e. The molecule has 0 bridgehead atoms. The molecule has 14 nitrogen and oxygen atoms in total. The van der Waals surface area contributed by atoms with Gasteiger partial charge in [0.25, 0.3) is 0 Å². The summed E-state index contributed by atoms with van der Waals surface area (Å²) >= 11 is 0. The van der Waals surface area contributed by atoms with Crippen molar-refractivity contribution in [2.24, 2.45) is 0 Å². The molecular formula is C22H31FN5O9P. The Morgan fingerprint density at radius 3 is 2.39 bits per heavy atom. The first kappa shape index (κ1) is 29.7. The lowest BCUT2D eigenvalue weighted by Gasteiger charge is -2.24. The normalized spacial score (nSPS) is 25.0. The van der Waals surface area contributed by atoms with Crippen molar-refractivity contribution in [2.75, 3.05) is 38.2 Å². The lowest BCUT2D eigenvalue weighted by atomic mass is 9.97. The lowest BCUT2D eigenvalue weighted by molar-refractivity contribution is -0.142. The van der Waals surface area contributed by atoms with Gasteiger partial charge in [0, 0.05) is 12.2 Å². The van der Waals surface area contributed by atoms with E-state index < -0.39 is 69.1 Å². The largest absolute Gasteiger partial charge is 0.465 e. The number of rotatable bonds is 14. The second-order valence-corrected chi connectivity index (χ2v) is 10.4. The third-order valence-corrected chi connectivity index (χ3v) is 7.23. The SMILES string of the molecule is C#CC1(F)C(O)[C@@H](COP(=O)(NCC(=O)OCC)NCC(=O)OCC)O[C@H]1n1ccc(NC2CC2)nc1=O. The van der Waals surface area contributed by atoms with Crippen molar-refractivity contribution < 1.29 is 42.4 Å². The summed E-state index contributed by atoms with van der Waals surface area (Å²) in [5, 5.41) is 18.3. The van der Waals surface area contributed by atoms with Gasteiger partial charge in [-0.15, -0.1) is 6.42 Å². The highest BCUT2D eigenvalue weighted by Crippen LogP contribution is 2.43. The summed E-state index contributed by atoms with van der Waals surface area (Å²) < 4.78 is 50.2. The van der Waals surface area contributed by atoms with E-state index in [1.165, 1.54) is 12.3 Å². The van der Waals surface area contributed by atoms with E-state index in [-0.39, 0.29) is 19.3 Å². The van der Waals surface area contributed by atoms with E-state index in [1.807, 2.05) is 5.92 Å². The smallest absolute Gasteiger partial charge is 0.351 e. The molecule has 3 rings (SSSR count). The number of esters is 2. The van der Waals surface area contributed by atoms with Crippen LogP contribution in [0.5, 0.6) is 0 Å². The van der Waals surface area contributed by atoms with Gasteiger partial charge in [-0.3, -0.25) is 18.7 Å². The molecule has 1 saturated carbocycles. The summed E-state index contributed by atoms with van der Waals surface area (Å²) in [6.07, 6.45) is 3.22. The number of anilines is 1. The van der Waals surface area contributed by atoms with Crippen molar-refractivity contribution in [3.63, 3.8) is 0 Å². The molecule has 4 N–H and O–H groups in total. The number of aliphatic hydroxyl groups is 1. The fraction of sp³-hybridized carbons (Fsp3) is 0.636. The minimum absolute atomic E-state index is 0.0714. The molecule has 1 aromatic rings. The zero-order chi connectivity index (χ0) is 27.9. The number of carbonyl (C=O) groups is 2. The van der Waals surface area contributed by atoms with Crippen LogP contribution in [0, 0.1) is 12.3 Å². The topological polar surface area (TPSA) is 179 Å². The van der Waals surface area contributed by atoms with E-state index in [9.17, 15) is 24.1 Å². The zero-order valence-corrected chi connectivity index (χ0v) is 21.8. The number of nitrogens with one attached hydrogen (secondary N) is 3. The summed E-state index contributed by atoms with van der Waals surface area (Å²) in [6, 6.07) is 1.67. The molecule has 1 aliphatic carbocycles. The molecule has 2 heterocycles. The molecule has 0 amide bonds. The van der Waals surface area contributed by atoms with E-state index in [2.05, 4.69) is 20.5 Å². The maximum Gasteiger partial charge on any atom is 0.351 e. The first-order chi connectivity index (χ1) is 18.0. The monoisotopic (exact) mass is 559 g/mol. The molecule has 0 spiro atoms. The lowest BCUT2D eigenvalue weighted by Crippen LogP contribution is -2.44. The number of alkyl halides is 1. The van der Waals surface area contributed by atoms with Crippen LogP contribution in [0.1, 0.15) is 32.9 Å². The third-order valence-electron chi connectivity index (χ3n) is 5.57. The van der Waals surface area contributed by atoms with Crippen LogP contribution in [-0.4, -0.2) is 83.4 Å². The van der Waals surface area contributed by atoms with Crippen molar-refractivity contribution in [1.82, 2.24) is 19.7 Å². The van der Waals surface area contributed by atoms with Crippen molar-refractivity contribution in [3.8, 4) is 12.3 Å². The molecule has 2 fully saturated rings. The second-order valence-electron chi connectivity index (χ2n) is 8.43. The van der Waals surface area contributed by atoms with E-state index in [1.54, 1.807) is 13.8 Å². The summed E-state index contributed by atoms with van der Waals surface area (Å²) in [7, 11) is -4.18. The predicted octanol–water partition coefficient (Wildman–Crippen LogP) is -0.152. The maximum atomic E-state index is 15.7.